The number of aliphatic hydroxyl groups is 3. The molecule has 0 radical (unpaired) electrons. The van der Waals surface area contributed by atoms with Crippen molar-refractivity contribution in [3.05, 3.63) is 24.3 Å². The highest BCUT2D eigenvalue weighted by molar-refractivity contribution is 5.69. The average Bonchev–Trinajstić information content (AvgIpc) is 2.93. The highest BCUT2D eigenvalue weighted by Crippen LogP contribution is 2.36. The van der Waals surface area contributed by atoms with Crippen molar-refractivity contribution in [3.8, 4) is 0 Å². The first kappa shape index (κ1) is 24.9. The molecule has 0 aromatic rings. The van der Waals surface area contributed by atoms with Gasteiger partial charge in [0.05, 0.1) is 25.4 Å². The van der Waals surface area contributed by atoms with E-state index in [1.54, 1.807) is 6.08 Å². The predicted octanol–water partition coefficient (Wildman–Crippen LogP) is 3.77. The SMILES string of the molecule is CCCC[C@H](C)C[C@H](O)C=C[C@@H]1[C@@H](CC=CCCCC(=O)OC)[C@@H](O)C[C@H]1O. The molecule has 0 aromatic carbocycles. The van der Waals surface area contributed by atoms with Crippen molar-refractivity contribution in [1.29, 1.82) is 0 Å². The Kier molecular flexibility index (Phi) is 12.4. The van der Waals surface area contributed by atoms with Gasteiger partial charge in [0, 0.05) is 18.8 Å². The van der Waals surface area contributed by atoms with E-state index in [1.165, 1.54) is 20.0 Å². The second-order valence-corrected chi connectivity index (χ2v) is 8.22. The zero-order valence-corrected chi connectivity index (χ0v) is 17.8. The summed E-state index contributed by atoms with van der Waals surface area (Å²) in [5.74, 6) is 0.0843. The molecule has 0 saturated heterocycles. The van der Waals surface area contributed by atoms with Crippen LogP contribution in [0.15, 0.2) is 24.3 Å². The van der Waals surface area contributed by atoms with Gasteiger partial charge in [-0.1, -0.05) is 57.4 Å². The molecule has 3 N–H and O–H groups in total. The Morgan fingerprint density at radius 1 is 1.21 bits per heavy atom. The van der Waals surface area contributed by atoms with Gasteiger partial charge in [-0.05, 0) is 37.5 Å². The van der Waals surface area contributed by atoms with Crippen molar-refractivity contribution in [1.82, 2.24) is 0 Å². The summed E-state index contributed by atoms with van der Waals surface area (Å²) in [6.07, 6.45) is 13.3. The lowest BCUT2D eigenvalue weighted by Crippen LogP contribution is -2.20. The molecule has 1 fully saturated rings. The molecule has 5 nitrogen and oxygen atoms in total. The van der Waals surface area contributed by atoms with Crippen molar-refractivity contribution in [3.63, 3.8) is 0 Å². The quantitative estimate of drug-likeness (QED) is 0.251. The summed E-state index contributed by atoms with van der Waals surface area (Å²) in [6, 6.07) is 0. The van der Waals surface area contributed by atoms with Crippen molar-refractivity contribution in [2.45, 2.75) is 89.9 Å². The van der Waals surface area contributed by atoms with Crippen LogP contribution in [0.3, 0.4) is 0 Å². The van der Waals surface area contributed by atoms with Crippen molar-refractivity contribution >= 4 is 5.97 Å². The predicted molar refractivity (Wildman–Crippen MR) is 112 cm³/mol. The second kappa shape index (κ2) is 13.9. The molecule has 1 rings (SSSR count). The van der Waals surface area contributed by atoms with Gasteiger partial charge in [0.15, 0.2) is 0 Å². The molecule has 28 heavy (non-hydrogen) atoms. The number of carbonyl (C=O) groups is 1. The second-order valence-electron chi connectivity index (χ2n) is 8.22. The summed E-state index contributed by atoms with van der Waals surface area (Å²) in [7, 11) is 1.39. The number of methoxy groups -OCH3 is 1. The Morgan fingerprint density at radius 3 is 2.64 bits per heavy atom. The fraction of sp³-hybridized carbons (Fsp3) is 0.783. The van der Waals surface area contributed by atoms with Gasteiger partial charge in [0.2, 0.25) is 0 Å². The minimum absolute atomic E-state index is 0.0483. The summed E-state index contributed by atoms with van der Waals surface area (Å²) in [6.45, 7) is 4.33. The summed E-state index contributed by atoms with van der Waals surface area (Å²) in [5.41, 5.74) is 0. The van der Waals surface area contributed by atoms with Crippen LogP contribution in [0.25, 0.3) is 0 Å². The average molecular weight is 397 g/mol. The molecule has 162 valence electrons. The monoisotopic (exact) mass is 396 g/mol. The third-order valence-electron chi connectivity index (χ3n) is 5.72. The minimum atomic E-state index is -0.575. The fourth-order valence-corrected chi connectivity index (χ4v) is 3.96. The number of esters is 1. The molecular weight excluding hydrogens is 356 g/mol. The maximum atomic E-state index is 11.1. The Balaban J connectivity index is 2.48. The first-order chi connectivity index (χ1) is 13.4. The Hall–Kier alpha value is -1.17. The number of ether oxygens (including phenoxy) is 1. The number of carbonyl (C=O) groups excluding carboxylic acids is 1. The van der Waals surface area contributed by atoms with E-state index in [9.17, 15) is 20.1 Å². The van der Waals surface area contributed by atoms with Gasteiger partial charge in [-0.2, -0.15) is 0 Å². The molecule has 0 amide bonds. The zero-order chi connectivity index (χ0) is 20.9. The number of aliphatic hydroxyl groups excluding tert-OH is 3. The molecule has 5 heteroatoms. The lowest BCUT2D eigenvalue weighted by Gasteiger charge is -2.20. The van der Waals surface area contributed by atoms with Crippen LogP contribution in [0.4, 0.5) is 0 Å². The van der Waals surface area contributed by atoms with Crippen LogP contribution >= 0.6 is 0 Å². The molecule has 6 atom stereocenters. The Bertz CT molecular complexity index is 487. The topological polar surface area (TPSA) is 87.0 Å². The van der Waals surface area contributed by atoms with Gasteiger partial charge >= 0.3 is 5.97 Å². The third kappa shape index (κ3) is 9.35. The summed E-state index contributed by atoms with van der Waals surface area (Å²) in [4.78, 5) is 11.1. The normalized spacial score (nSPS) is 27.5. The largest absolute Gasteiger partial charge is 0.469 e. The van der Waals surface area contributed by atoms with E-state index in [0.717, 1.165) is 25.7 Å². The molecule has 1 saturated carbocycles. The molecule has 0 bridgehead atoms. The van der Waals surface area contributed by atoms with Crippen LogP contribution < -0.4 is 0 Å². The van der Waals surface area contributed by atoms with Gasteiger partial charge in [-0.15, -0.1) is 0 Å². The lowest BCUT2D eigenvalue weighted by molar-refractivity contribution is -0.140. The first-order valence-electron chi connectivity index (χ1n) is 10.8. The molecule has 0 unspecified atom stereocenters. The van der Waals surface area contributed by atoms with Crippen molar-refractivity contribution in [2.24, 2.45) is 17.8 Å². The molecule has 1 aliphatic carbocycles. The van der Waals surface area contributed by atoms with Gasteiger partial charge in [0.25, 0.3) is 0 Å². The van der Waals surface area contributed by atoms with Crippen LogP contribution in [-0.2, 0) is 9.53 Å². The standard InChI is InChI=1S/C23H40O5/c1-4-5-10-17(2)15-18(24)13-14-20-19(21(25)16-22(20)26)11-8-6-7-9-12-23(27)28-3/h6,8,13-14,17-22,24-26H,4-5,7,9-12,15-16H2,1-3H3/t17-,18+,19+,20+,21-,22+/m0/s1. The van der Waals surface area contributed by atoms with Gasteiger partial charge < -0.3 is 20.1 Å². The van der Waals surface area contributed by atoms with Gasteiger partial charge in [0.1, 0.15) is 0 Å². The van der Waals surface area contributed by atoms with E-state index < -0.39 is 18.3 Å². The van der Waals surface area contributed by atoms with E-state index >= 15 is 0 Å². The molecule has 0 spiro atoms. The van der Waals surface area contributed by atoms with Crippen LogP contribution in [0.2, 0.25) is 0 Å². The summed E-state index contributed by atoms with van der Waals surface area (Å²) in [5, 5.41) is 30.9. The van der Waals surface area contributed by atoms with Gasteiger partial charge in [-0.3, -0.25) is 4.79 Å². The Labute approximate surface area is 170 Å². The minimum Gasteiger partial charge on any atom is -0.469 e. The number of unbranched alkanes of at least 4 members (excludes halogenated alkanes) is 2. The maximum absolute atomic E-state index is 11.1. The Morgan fingerprint density at radius 2 is 1.96 bits per heavy atom. The fourth-order valence-electron chi connectivity index (χ4n) is 3.96. The van der Waals surface area contributed by atoms with Crippen LogP contribution in [0.5, 0.6) is 0 Å². The van der Waals surface area contributed by atoms with E-state index in [-0.39, 0.29) is 17.8 Å². The van der Waals surface area contributed by atoms with Crippen LogP contribution in [0, 0.1) is 17.8 Å². The van der Waals surface area contributed by atoms with E-state index in [1.807, 2.05) is 18.2 Å². The highest BCUT2D eigenvalue weighted by Gasteiger charge is 2.39. The molecule has 1 aliphatic rings. The first-order valence-corrected chi connectivity index (χ1v) is 10.8. The van der Waals surface area contributed by atoms with E-state index in [0.29, 0.717) is 25.2 Å². The summed E-state index contributed by atoms with van der Waals surface area (Å²) >= 11 is 0. The number of rotatable bonds is 13. The van der Waals surface area contributed by atoms with Crippen molar-refractivity contribution < 1.29 is 24.9 Å². The summed E-state index contributed by atoms with van der Waals surface area (Å²) < 4.78 is 4.62. The zero-order valence-electron chi connectivity index (χ0n) is 17.8. The van der Waals surface area contributed by atoms with E-state index in [4.69, 9.17) is 0 Å². The van der Waals surface area contributed by atoms with Crippen LogP contribution in [-0.4, -0.2) is 46.7 Å². The van der Waals surface area contributed by atoms with Crippen LogP contribution in [0.1, 0.15) is 71.6 Å². The molecule has 0 aromatic heterocycles. The molecular formula is C23H40O5. The van der Waals surface area contributed by atoms with E-state index in [2.05, 4.69) is 18.6 Å². The molecule has 0 heterocycles. The van der Waals surface area contributed by atoms with Crippen molar-refractivity contribution in [2.75, 3.05) is 7.11 Å². The number of allylic oxidation sites excluding steroid dienone is 2. The number of hydrogen-bond donors (Lipinski definition) is 3. The maximum Gasteiger partial charge on any atom is 0.305 e. The third-order valence-corrected chi connectivity index (χ3v) is 5.72. The van der Waals surface area contributed by atoms with Gasteiger partial charge in [-0.25, -0.2) is 0 Å². The smallest absolute Gasteiger partial charge is 0.305 e. The number of hydrogen-bond acceptors (Lipinski definition) is 5. The lowest BCUT2D eigenvalue weighted by atomic mass is 9.89. The molecule has 0 aliphatic heterocycles. The highest BCUT2D eigenvalue weighted by atomic mass is 16.5.